The molecule has 1 atom stereocenters. The summed E-state index contributed by atoms with van der Waals surface area (Å²) in [7, 11) is 1.85. The van der Waals surface area contributed by atoms with Gasteiger partial charge in [-0.05, 0) is 25.6 Å². The Morgan fingerprint density at radius 2 is 1.94 bits per heavy atom. The fraction of sp³-hybridized carbons (Fsp3) is 0.333. The van der Waals surface area contributed by atoms with Gasteiger partial charge in [0.2, 0.25) is 5.89 Å². The van der Waals surface area contributed by atoms with Gasteiger partial charge in [0, 0.05) is 0 Å². The fourth-order valence-electron chi connectivity index (χ4n) is 1.68. The molecular weight excluding hydrogens is 273 g/mol. The molecule has 1 aromatic heterocycles. The van der Waals surface area contributed by atoms with Crippen LogP contribution >= 0.6 is 23.2 Å². The van der Waals surface area contributed by atoms with Gasteiger partial charge in [-0.25, -0.2) is 0 Å². The summed E-state index contributed by atoms with van der Waals surface area (Å²) >= 11 is 12.2. The van der Waals surface area contributed by atoms with E-state index in [9.17, 15) is 0 Å². The third-order valence-corrected chi connectivity index (χ3v) is 3.30. The SMILES string of the molecule is CCC(NC)c1nnc(-c2c(Cl)cccc2Cl)o1. The van der Waals surface area contributed by atoms with Crippen molar-refractivity contribution in [3.8, 4) is 11.5 Å². The summed E-state index contributed by atoms with van der Waals surface area (Å²) in [4.78, 5) is 0. The van der Waals surface area contributed by atoms with Crippen molar-refractivity contribution in [1.82, 2.24) is 15.5 Å². The number of nitrogens with one attached hydrogen (secondary N) is 1. The minimum atomic E-state index is 0.0347. The largest absolute Gasteiger partial charge is 0.419 e. The molecule has 1 unspecified atom stereocenters. The maximum absolute atomic E-state index is 6.09. The van der Waals surface area contributed by atoms with Crippen molar-refractivity contribution in [3.63, 3.8) is 0 Å². The van der Waals surface area contributed by atoms with E-state index in [1.165, 1.54) is 0 Å². The molecule has 0 aliphatic carbocycles. The zero-order valence-electron chi connectivity index (χ0n) is 10.1. The van der Waals surface area contributed by atoms with Gasteiger partial charge in [-0.15, -0.1) is 10.2 Å². The van der Waals surface area contributed by atoms with E-state index in [0.717, 1.165) is 6.42 Å². The highest BCUT2D eigenvalue weighted by molar-refractivity contribution is 6.38. The van der Waals surface area contributed by atoms with Crippen LogP contribution in [-0.2, 0) is 0 Å². The lowest BCUT2D eigenvalue weighted by Crippen LogP contribution is -2.15. The number of halogens is 2. The van der Waals surface area contributed by atoms with E-state index in [0.29, 0.717) is 27.4 Å². The first-order chi connectivity index (χ1) is 8.67. The van der Waals surface area contributed by atoms with Crippen LogP contribution in [0.15, 0.2) is 22.6 Å². The third kappa shape index (κ3) is 2.51. The minimum Gasteiger partial charge on any atom is -0.419 e. The second-order valence-corrected chi connectivity index (χ2v) is 4.61. The van der Waals surface area contributed by atoms with Crippen LogP contribution in [0.2, 0.25) is 10.0 Å². The third-order valence-electron chi connectivity index (χ3n) is 2.67. The van der Waals surface area contributed by atoms with Crippen molar-refractivity contribution in [2.24, 2.45) is 0 Å². The Morgan fingerprint density at radius 1 is 1.28 bits per heavy atom. The molecule has 6 heteroatoms. The van der Waals surface area contributed by atoms with Crippen LogP contribution in [0.4, 0.5) is 0 Å². The Hall–Kier alpha value is -1.10. The summed E-state index contributed by atoms with van der Waals surface area (Å²) in [5.41, 5.74) is 0.575. The monoisotopic (exact) mass is 285 g/mol. The topological polar surface area (TPSA) is 51.0 Å². The van der Waals surface area contributed by atoms with Crippen molar-refractivity contribution in [1.29, 1.82) is 0 Å². The van der Waals surface area contributed by atoms with Crippen LogP contribution in [-0.4, -0.2) is 17.2 Å². The molecule has 2 aromatic rings. The molecule has 0 aliphatic heterocycles. The standard InChI is InChI=1S/C12H13Cl2N3O/c1-3-9(15-2)11-16-17-12(18-11)10-7(13)5-4-6-8(10)14/h4-6,9,15H,3H2,1-2H3. The van der Waals surface area contributed by atoms with Crippen LogP contribution in [0, 0.1) is 0 Å². The maximum Gasteiger partial charge on any atom is 0.250 e. The van der Waals surface area contributed by atoms with Crippen molar-refractivity contribution in [3.05, 3.63) is 34.1 Å². The van der Waals surface area contributed by atoms with Gasteiger partial charge < -0.3 is 9.73 Å². The number of benzene rings is 1. The minimum absolute atomic E-state index is 0.0347. The number of rotatable bonds is 4. The Labute approximate surface area is 115 Å². The predicted molar refractivity (Wildman–Crippen MR) is 71.8 cm³/mol. The van der Waals surface area contributed by atoms with Crippen molar-refractivity contribution >= 4 is 23.2 Å². The summed E-state index contributed by atoms with van der Waals surface area (Å²) in [6, 6.07) is 5.28. The van der Waals surface area contributed by atoms with Gasteiger partial charge in [0.1, 0.15) is 0 Å². The lowest BCUT2D eigenvalue weighted by atomic mass is 10.2. The Balaban J connectivity index is 2.41. The number of hydrogen-bond acceptors (Lipinski definition) is 4. The van der Waals surface area contributed by atoms with E-state index >= 15 is 0 Å². The molecule has 0 amide bonds. The summed E-state index contributed by atoms with van der Waals surface area (Å²) in [5, 5.41) is 12.1. The molecule has 0 spiro atoms. The predicted octanol–water partition coefficient (Wildman–Crippen LogP) is 3.71. The summed E-state index contributed by atoms with van der Waals surface area (Å²) in [5.74, 6) is 0.875. The van der Waals surface area contributed by atoms with E-state index < -0.39 is 0 Å². The summed E-state index contributed by atoms with van der Waals surface area (Å²) in [6.45, 7) is 2.04. The highest BCUT2D eigenvalue weighted by atomic mass is 35.5. The van der Waals surface area contributed by atoms with Gasteiger partial charge in [-0.2, -0.15) is 0 Å². The lowest BCUT2D eigenvalue weighted by molar-refractivity contribution is 0.415. The molecule has 1 aromatic carbocycles. The lowest BCUT2D eigenvalue weighted by Gasteiger charge is -2.07. The zero-order valence-corrected chi connectivity index (χ0v) is 11.6. The molecule has 0 radical (unpaired) electrons. The molecule has 1 N–H and O–H groups in total. The van der Waals surface area contributed by atoms with E-state index in [1.54, 1.807) is 18.2 Å². The van der Waals surface area contributed by atoms with Crippen molar-refractivity contribution < 1.29 is 4.42 Å². The van der Waals surface area contributed by atoms with Gasteiger partial charge in [0.05, 0.1) is 21.7 Å². The first kappa shape index (κ1) is 13.3. The highest BCUT2D eigenvalue weighted by Gasteiger charge is 2.19. The van der Waals surface area contributed by atoms with E-state index in [4.69, 9.17) is 27.6 Å². The quantitative estimate of drug-likeness (QED) is 0.930. The molecule has 1 heterocycles. The fourth-order valence-corrected chi connectivity index (χ4v) is 2.24. The molecule has 2 rings (SSSR count). The van der Waals surface area contributed by atoms with E-state index in [1.807, 2.05) is 14.0 Å². The maximum atomic E-state index is 6.09. The van der Waals surface area contributed by atoms with Gasteiger partial charge in [-0.1, -0.05) is 36.2 Å². The van der Waals surface area contributed by atoms with Crippen molar-refractivity contribution in [2.45, 2.75) is 19.4 Å². The first-order valence-electron chi connectivity index (χ1n) is 5.62. The second kappa shape index (κ2) is 5.69. The molecule has 0 saturated heterocycles. The Bertz CT molecular complexity index is 518. The van der Waals surface area contributed by atoms with Gasteiger partial charge in [0.15, 0.2) is 0 Å². The Kier molecular flexibility index (Phi) is 4.22. The van der Waals surface area contributed by atoms with Gasteiger partial charge in [-0.3, -0.25) is 0 Å². The normalized spacial score (nSPS) is 12.7. The van der Waals surface area contributed by atoms with Crippen LogP contribution < -0.4 is 5.32 Å². The molecular formula is C12H13Cl2N3O. The molecule has 0 fully saturated rings. The van der Waals surface area contributed by atoms with Crippen LogP contribution in [0.1, 0.15) is 25.3 Å². The number of hydrogen-bond donors (Lipinski definition) is 1. The molecule has 0 saturated carbocycles. The Morgan fingerprint density at radius 3 is 2.50 bits per heavy atom. The summed E-state index contributed by atoms with van der Waals surface area (Å²) in [6.07, 6.45) is 0.856. The van der Waals surface area contributed by atoms with E-state index in [2.05, 4.69) is 15.5 Å². The molecule has 4 nitrogen and oxygen atoms in total. The molecule has 18 heavy (non-hydrogen) atoms. The van der Waals surface area contributed by atoms with E-state index in [-0.39, 0.29) is 6.04 Å². The highest BCUT2D eigenvalue weighted by Crippen LogP contribution is 2.34. The molecule has 0 aliphatic rings. The van der Waals surface area contributed by atoms with Crippen LogP contribution in [0.3, 0.4) is 0 Å². The summed E-state index contributed by atoms with van der Waals surface area (Å²) < 4.78 is 5.62. The van der Waals surface area contributed by atoms with Crippen LogP contribution in [0.5, 0.6) is 0 Å². The second-order valence-electron chi connectivity index (χ2n) is 3.79. The number of nitrogens with zero attached hydrogens (tertiary/aromatic N) is 2. The zero-order chi connectivity index (χ0) is 13.1. The molecule has 96 valence electrons. The number of aromatic nitrogens is 2. The average molecular weight is 286 g/mol. The smallest absolute Gasteiger partial charge is 0.250 e. The van der Waals surface area contributed by atoms with Crippen molar-refractivity contribution in [2.75, 3.05) is 7.05 Å². The van der Waals surface area contributed by atoms with Crippen LogP contribution in [0.25, 0.3) is 11.5 Å². The average Bonchev–Trinajstić information content (AvgIpc) is 2.80. The van der Waals surface area contributed by atoms with Gasteiger partial charge in [0.25, 0.3) is 5.89 Å². The first-order valence-corrected chi connectivity index (χ1v) is 6.38. The molecule has 0 bridgehead atoms. The van der Waals surface area contributed by atoms with Gasteiger partial charge >= 0.3 is 0 Å².